The van der Waals surface area contributed by atoms with Crippen LogP contribution in [0.1, 0.15) is 60.3 Å². The number of nitrogens with zero attached hydrogens (tertiary/aromatic N) is 1. The number of aliphatic hydroxyl groups is 1. The van der Waals surface area contributed by atoms with E-state index < -0.39 is 37.3 Å². The van der Waals surface area contributed by atoms with Crippen molar-refractivity contribution in [3.63, 3.8) is 0 Å². The third-order valence-corrected chi connectivity index (χ3v) is 11.3. The zero-order valence-corrected chi connectivity index (χ0v) is 20.9. The number of rotatable bonds is 10. The smallest absolute Gasteiger partial charge is 0.328 e. The monoisotopic (exact) mass is 440 g/mol. The first-order chi connectivity index (χ1) is 13.7. The van der Waals surface area contributed by atoms with Gasteiger partial charge in [0.2, 0.25) is 0 Å². The van der Waals surface area contributed by atoms with E-state index in [9.17, 15) is 14.7 Å². The molecule has 1 heterocycles. The summed E-state index contributed by atoms with van der Waals surface area (Å²) in [6.45, 7) is 15.5. The summed E-state index contributed by atoms with van der Waals surface area (Å²) in [5.41, 5.74) is -1.25. The van der Waals surface area contributed by atoms with E-state index in [2.05, 4.69) is 52.7 Å². The molecule has 7 nitrogen and oxygen atoms in total. The van der Waals surface area contributed by atoms with Crippen LogP contribution in [0.25, 0.3) is 0 Å². The van der Waals surface area contributed by atoms with Crippen molar-refractivity contribution in [2.75, 3.05) is 13.7 Å². The average molecular weight is 441 g/mol. The quantitative estimate of drug-likeness (QED) is 0.545. The van der Waals surface area contributed by atoms with Crippen molar-refractivity contribution in [2.24, 2.45) is 5.41 Å². The van der Waals surface area contributed by atoms with Gasteiger partial charge >= 0.3 is 5.69 Å². The van der Waals surface area contributed by atoms with Gasteiger partial charge in [-0.05, 0) is 49.2 Å². The van der Waals surface area contributed by atoms with E-state index in [0.29, 0.717) is 0 Å². The zero-order chi connectivity index (χ0) is 23.0. The maximum atomic E-state index is 12.6. The topological polar surface area (TPSA) is 93.5 Å². The Bertz CT molecular complexity index is 829. The summed E-state index contributed by atoms with van der Waals surface area (Å²) >= 11 is 0. The highest BCUT2D eigenvalue weighted by atomic mass is 28.4. The molecule has 2 rings (SSSR count). The Morgan fingerprint density at radius 1 is 1.20 bits per heavy atom. The van der Waals surface area contributed by atoms with Crippen molar-refractivity contribution >= 4 is 8.32 Å². The molecule has 0 aliphatic heterocycles. The van der Waals surface area contributed by atoms with Gasteiger partial charge in [-0.1, -0.05) is 34.6 Å². The second-order valence-electron chi connectivity index (χ2n) is 11.0. The number of ether oxygens (including phenoxy) is 1. The lowest BCUT2D eigenvalue weighted by Crippen LogP contribution is -2.56. The molecule has 1 aromatic heterocycles. The van der Waals surface area contributed by atoms with Crippen LogP contribution in [0.3, 0.4) is 0 Å². The first-order valence-electron chi connectivity index (χ1n) is 10.8. The lowest BCUT2D eigenvalue weighted by atomic mass is 9.87. The molecule has 0 bridgehead atoms. The molecule has 1 fully saturated rings. The molecule has 0 spiro atoms. The van der Waals surface area contributed by atoms with Gasteiger partial charge in [0.1, 0.15) is 6.10 Å². The minimum Gasteiger partial charge on any atom is -0.409 e. The van der Waals surface area contributed by atoms with Crippen LogP contribution >= 0.6 is 0 Å². The molecule has 30 heavy (non-hydrogen) atoms. The molecule has 172 valence electrons. The van der Waals surface area contributed by atoms with Crippen molar-refractivity contribution in [3.05, 3.63) is 33.1 Å². The predicted molar refractivity (Wildman–Crippen MR) is 121 cm³/mol. The van der Waals surface area contributed by atoms with Gasteiger partial charge in [0.05, 0.1) is 18.2 Å². The van der Waals surface area contributed by atoms with Gasteiger partial charge in [0, 0.05) is 19.4 Å². The van der Waals surface area contributed by atoms with Crippen LogP contribution in [0.5, 0.6) is 0 Å². The van der Waals surface area contributed by atoms with Gasteiger partial charge in [0.15, 0.2) is 8.32 Å². The molecule has 1 aliphatic carbocycles. The highest BCUT2D eigenvalue weighted by Crippen LogP contribution is 2.52. The highest BCUT2D eigenvalue weighted by Gasteiger charge is 2.58. The van der Waals surface area contributed by atoms with E-state index in [4.69, 9.17) is 9.16 Å². The summed E-state index contributed by atoms with van der Waals surface area (Å²) in [6, 6.07) is 1.36. The number of aromatic nitrogens is 2. The first kappa shape index (κ1) is 25.0. The van der Waals surface area contributed by atoms with Gasteiger partial charge in [-0.2, -0.15) is 0 Å². The fraction of sp³-hybridized carbons (Fsp3) is 0.818. The summed E-state index contributed by atoms with van der Waals surface area (Å²) in [5.74, 6) is 0. The normalized spacial score (nSPS) is 18.8. The maximum absolute atomic E-state index is 12.6. The zero-order valence-electron chi connectivity index (χ0n) is 19.9. The molecule has 8 heteroatoms. The first-order valence-corrected chi connectivity index (χ1v) is 13.7. The minimum absolute atomic E-state index is 0.0156. The van der Waals surface area contributed by atoms with E-state index in [1.807, 2.05) is 0 Å². The summed E-state index contributed by atoms with van der Waals surface area (Å²) in [5, 5.41) is 10.0. The van der Waals surface area contributed by atoms with Gasteiger partial charge in [-0.15, -0.1) is 0 Å². The van der Waals surface area contributed by atoms with Crippen LogP contribution in [0.2, 0.25) is 18.1 Å². The molecule has 1 aliphatic rings. The molecule has 0 radical (unpaired) electrons. The fourth-order valence-corrected chi connectivity index (χ4v) is 5.90. The molecule has 1 aromatic rings. The molecule has 2 unspecified atom stereocenters. The van der Waals surface area contributed by atoms with Gasteiger partial charge < -0.3 is 14.3 Å². The average Bonchev–Trinajstić information content (AvgIpc) is 3.41. The van der Waals surface area contributed by atoms with Gasteiger partial charge in [0.25, 0.3) is 5.56 Å². The minimum atomic E-state index is -2.30. The summed E-state index contributed by atoms with van der Waals surface area (Å²) < 4.78 is 14.0. The van der Waals surface area contributed by atoms with Crippen molar-refractivity contribution in [2.45, 2.75) is 96.2 Å². The Hall–Kier alpha value is -1.22. The third kappa shape index (κ3) is 5.33. The van der Waals surface area contributed by atoms with Gasteiger partial charge in [-0.25, -0.2) is 4.79 Å². The number of aromatic amines is 1. The number of nitrogens with one attached hydrogen (secondary N) is 1. The number of methoxy groups -OCH3 is 1. The Kier molecular flexibility index (Phi) is 7.28. The van der Waals surface area contributed by atoms with E-state index in [-0.39, 0.29) is 17.1 Å². The molecule has 0 amide bonds. The van der Waals surface area contributed by atoms with Crippen molar-refractivity contribution < 1.29 is 14.3 Å². The molecular formula is C22H40N2O5Si. The van der Waals surface area contributed by atoms with Crippen LogP contribution in [0.15, 0.2) is 21.9 Å². The van der Waals surface area contributed by atoms with Crippen molar-refractivity contribution in [1.82, 2.24) is 9.55 Å². The molecule has 0 aromatic carbocycles. The Labute approximate surface area is 180 Å². The van der Waals surface area contributed by atoms with Crippen LogP contribution in [0.4, 0.5) is 0 Å². The van der Waals surface area contributed by atoms with E-state index >= 15 is 0 Å². The lowest BCUT2D eigenvalue weighted by Gasteiger charge is -2.46. The highest BCUT2D eigenvalue weighted by molar-refractivity contribution is 6.74. The van der Waals surface area contributed by atoms with E-state index in [0.717, 1.165) is 25.7 Å². The Morgan fingerprint density at radius 3 is 2.23 bits per heavy atom. The largest absolute Gasteiger partial charge is 0.409 e. The second kappa shape index (κ2) is 8.73. The van der Waals surface area contributed by atoms with Crippen molar-refractivity contribution in [1.29, 1.82) is 0 Å². The predicted octanol–water partition coefficient (Wildman–Crippen LogP) is 3.23. The third-order valence-electron chi connectivity index (χ3n) is 6.97. The maximum Gasteiger partial charge on any atom is 0.328 e. The molecule has 2 atom stereocenters. The molecule has 2 N–H and O–H groups in total. The van der Waals surface area contributed by atoms with E-state index in [1.54, 1.807) is 11.7 Å². The van der Waals surface area contributed by atoms with Crippen LogP contribution in [-0.2, 0) is 14.7 Å². The number of H-pyrrole nitrogens is 1. The van der Waals surface area contributed by atoms with Crippen LogP contribution < -0.4 is 11.2 Å². The number of aliphatic hydroxyl groups excluding tert-OH is 1. The van der Waals surface area contributed by atoms with Gasteiger partial charge in [-0.3, -0.25) is 14.3 Å². The lowest BCUT2D eigenvalue weighted by molar-refractivity contribution is -0.0635. The van der Waals surface area contributed by atoms with Crippen LogP contribution in [-0.4, -0.2) is 48.9 Å². The second-order valence-corrected chi connectivity index (χ2v) is 15.6. The summed E-state index contributed by atoms with van der Waals surface area (Å²) in [4.78, 5) is 26.5. The summed E-state index contributed by atoms with van der Waals surface area (Å²) in [7, 11) is -0.741. The molecular weight excluding hydrogens is 400 g/mol. The Balaban J connectivity index is 2.40. The van der Waals surface area contributed by atoms with Crippen LogP contribution in [0, 0.1) is 5.41 Å². The summed E-state index contributed by atoms with van der Waals surface area (Å²) in [6.07, 6.45) is 4.08. The standard InChI is InChI=1S/C22H40N2O5Si/c1-20(2,3)10-11-21(4,5)30(7,8)29-18(16(15-25)28-6)22(12-13-22)24-14-9-17(26)23-19(24)27/h9,14,16,18,25H,10-13,15H2,1-8H3,(H,23,26,27). The van der Waals surface area contributed by atoms with E-state index in [1.165, 1.54) is 12.3 Å². The SMILES string of the molecule is COC(CO)C(O[Si](C)(C)C(C)(C)CCC(C)(C)C)C1(n2ccc(=O)[nH]c2=O)CC1. The number of hydrogen-bond acceptors (Lipinski definition) is 5. The molecule has 1 saturated carbocycles. The van der Waals surface area contributed by atoms with Crippen molar-refractivity contribution in [3.8, 4) is 0 Å². The number of hydrogen-bond donors (Lipinski definition) is 2. The molecule has 0 saturated heterocycles. The fourth-order valence-electron chi connectivity index (χ4n) is 3.85. The Morgan fingerprint density at radius 2 is 1.80 bits per heavy atom.